The SMILES string of the molecule is Cn1c(C(=O)NC2(c3ccc(C4(C(=O)O)CC4)cc3)CCOC2)cc2c(Cl)c(OO)ccc21. The van der Waals surface area contributed by atoms with Crippen LogP contribution in [0, 0.1) is 0 Å². The van der Waals surface area contributed by atoms with E-state index in [0.29, 0.717) is 43.6 Å². The summed E-state index contributed by atoms with van der Waals surface area (Å²) in [7, 11) is 1.76. The van der Waals surface area contributed by atoms with Gasteiger partial charge in [-0.25, -0.2) is 5.26 Å². The lowest BCUT2D eigenvalue weighted by molar-refractivity contribution is -0.140. The van der Waals surface area contributed by atoms with Crippen molar-refractivity contribution in [3.63, 3.8) is 0 Å². The van der Waals surface area contributed by atoms with Crippen LogP contribution in [0.15, 0.2) is 42.5 Å². The van der Waals surface area contributed by atoms with E-state index in [4.69, 9.17) is 21.6 Å². The maximum Gasteiger partial charge on any atom is 0.314 e. The average Bonchev–Trinajstić information content (AvgIpc) is 3.38. The highest BCUT2D eigenvalue weighted by atomic mass is 35.5. The van der Waals surface area contributed by atoms with Crippen LogP contribution < -0.4 is 10.2 Å². The number of fused-ring (bicyclic) bond motifs is 1. The van der Waals surface area contributed by atoms with Gasteiger partial charge >= 0.3 is 5.97 Å². The van der Waals surface area contributed by atoms with Crippen LogP contribution in [0.1, 0.15) is 40.9 Å². The van der Waals surface area contributed by atoms with Crippen molar-refractivity contribution in [3.8, 4) is 5.75 Å². The molecule has 0 bridgehead atoms. The van der Waals surface area contributed by atoms with Gasteiger partial charge in [-0.3, -0.25) is 9.59 Å². The van der Waals surface area contributed by atoms with Gasteiger partial charge in [-0.15, -0.1) is 0 Å². The number of amides is 1. The Kier molecular flexibility index (Phi) is 5.12. The lowest BCUT2D eigenvalue weighted by Gasteiger charge is -2.30. The second kappa shape index (κ2) is 7.76. The van der Waals surface area contributed by atoms with E-state index in [1.54, 1.807) is 23.7 Å². The average molecular weight is 471 g/mol. The Morgan fingerprint density at radius 2 is 1.82 bits per heavy atom. The van der Waals surface area contributed by atoms with Gasteiger partial charge < -0.3 is 24.6 Å². The molecule has 5 rings (SSSR count). The number of ether oxygens (including phenoxy) is 1. The number of carbonyl (C=O) groups excluding carboxylic acids is 1. The van der Waals surface area contributed by atoms with Crippen LogP contribution in [-0.2, 0) is 27.5 Å². The molecular weight excluding hydrogens is 448 g/mol. The van der Waals surface area contributed by atoms with Crippen LogP contribution in [0.2, 0.25) is 5.02 Å². The fourth-order valence-electron chi connectivity index (χ4n) is 4.75. The van der Waals surface area contributed by atoms with Crippen LogP contribution in [0.3, 0.4) is 0 Å². The van der Waals surface area contributed by atoms with Crippen molar-refractivity contribution in [1.82, 2.24) is 9.88 Å². The van der Waals surface area contributed by atoms with Crippen LogP contribution in [0.5, 0.6) is 5.75 Å². The summed E-state index contributed by atoms with van der Waals surface area (Å²) < 4.78 is 7.39. The van der Waals surface area contributed by atoms with Gasteiger partial charge in [0.05, 0.1) is 28.1 Å². The predicted octanol–water partition coefficient (Wildman–Crippen LogP) is 3.85. The highest BCUT2D eigenvalue weighted by Crippen LogP contribution is 2.48. The van der Waals surface area contributed by atoms with E-state index in [-0.39, 0.29) is 16.7 Å². The summed E-state index contributed by atoms with van der Waals surface area (Å²) in [6.07, 6.45) is 1.87. The summed E-state index contributed by atoms with van der Waals surface area (Å²) in [5.74, 6) is -0.987. The number of aromatic nitrogens is 1. The summed E-state index contributed by atoms with van der Waals surface area (Å²) in [6, 6.07) is 12.4. The Morgan fingerprint density at radius 3 is 2.39 bits per heavy atom. The molecule has 0 spiro atoms. The number of benzene rings is 2. The highest BCUT2D eigenvalue weighted by molar-refractivity contribution is 6.37. The van der Waals surface area contributed by atoms with Crippen LogP contribution >= 0.6 is 11.6 Å². The molecule has 2 aromatic carbocycles. The molecule has 9 heteroatoms. The second-order valence-corrected chi connectivity index (χ2v) is 9.17. The first-order valence-electron chi connectivity index (χ1n) is 10.7. The lowest BCUT2D eigenvalue weighted by Crippen LogP contribution is -2.47. The van der Waals surface area contributed by atoms with E-state index in [1.807, 2.05) is 24.3 Å². The Morgan fingerprint density at radius 1 is 1.12 bits per heavy atom. The van der Waals surface area contributed by atoms with Crippen LogP contribution in [-0.4, -0.2) is 40.0 Å². The first kappa shape index (κ1) is 21.8. The van der Waals surface area contributed by atoms with Gasteiger partial charge in [-0.1, -0.05) is 35.9 Å². The number of carboxylic acids is 1. The van der Waals surface area contributed by atoms with Gasteiger partial charge in [0.1, 0.15) is 5.69 Å². The molecule has 1 atom stereocenters. The Labute approximate surface area is 194 Å². The van der Waals surface area contributed by atoms with Gasteiger partial charge in [0, 0.05) is 25.5 Å². The molecule has 2 fully saturated rings. The van der Waals surface area contributed by atoms with E-state index in [1.165, 1.54) is 6.07 Å². The monoisotopic (exact) mass is 470 g/mol. The Hall–Kier alpha value is -3.07. The molecular formula is C24H23ClN2O6. The van der Waals surface area contributed by atoms with Crippen molar-refractivity contribution in [3.05, 3.63) is 64.3 Å². The van der Waals surface area contributed by atoms with E-state index < -0.39 is 16.9 Å². The number of carboxylic acid groups (broad SMARTS) is 1. The molecule has 1 aromatic heterocycles. The third-order valence-corrected chi connectivity index (χ3v) is 7.37. The fraction of sp³-hybridized carbons (Fsp3) is 0.333. The van der Waals surface area contributed by atoms with Crippen molar-refractivity contribution in [2.24, 2.45) is 7.05 Å². The van der Waals surface area contributed by atoms with Gasteiger partial charge in [-0.05, 0) is 42.2 Å². The molecule has 33 heavy (non-hydrogen) atoms. The topological polar surface area (TPSA) is 110 Å². The van der Waals surface area contributed by atoms with Crippen molar-refractivity contribution in [2.45, 2.75) is 30.2 Å². The molecule has 1 aliphatic carbocycles. The maximum atomic E-state index is 13.4. The van der Waals surface area contributed by atoms with Crippen molar-refractivity contribution in [2.75, 3.05) is 13.2 Å². The minimum atomic E-state index is -0.799. The minimum absolute atomic E-state index is 0.109. The molecule has 1 saturated carbocycles. The smallest absolute Gasteiger partial charge is 0.314 e. The molecule has 172 valence electrons. The van der Waals surface area contributed by atoms with Crippen molar-refractivity contribution < 1.29 is 29.6 Å². The normalized spacial score (nSPS) is 21.2. The lowest BCUT2D eigenvalue weighted by atomic mass is 9.86. The Bertz CT molecular complexity index is 1260. The highest BCUT2D eigenvalue weighted by Gasteiger charge is 2.52. The number of rotatable bonds is 6. The van der Waals surface area contributed by atoms with E-state index in [9.17, 15) is 14.7 Å². The molecule has 8 nitrogen and oxygen atoms in total. The molecule has 2 heterocycles. The van der Waals surface area contributed by atoms with Gasteiger partial charge in [0.25, 0.3) is 5.91 Å². The summed E-state index contributed by atoms with van der Waals surface area (Å²) >= 11 is 6.31. The fourth-order valence-corrected chi connectivity index (χ4v) is 5.00. The molecule has 1 saturated heterocycles. The summed E-state index contributed by atoms with van der Waals surface area (Å²) in [6.45, 7) is 0.814. The number of nitrogens with one attached hydrogen (secondary N) is 1. The first-order chi connectivity index (χ1) is 15.8. The zero-order valence-corrected chi connectivity index (χ0v) is 18.7. The first-order valence-corrected chi connectivity index (χ1v) is 11.0. The molecule has 2 aliphatic rings. The molecule has 1 aliphatic heterocycles. The maximum absolute atomic E-state index is 13.4. The minimum Gasteiger partial charge on any atom is -0.481 e. The predicted molar refractivity (Wildman–Crippen MR) is 121 cm³/mol. The third-order valence-electron chi connectivity index (χ3n) is 6.98. The van der Waals surface area contributed by atoms with Gasteiger partial charge in [0.15, 0.2) is 5.75 Å². The number of carbonyl (C=O) groups is 2. The molecule has 1 unspecified atom stereocenters. The standard InChI is InChI=1S/C24H23ClN2O6/c1-27-17-6-7-19(33-31)20(25)16(17)12-18(27)21(28)26-24(10-11-32-13-24)15-4-2-14(3-5-15)23(8-9-23)22(29)30/h2-7,12,31H,8-11,13H2,1H3,(H,26,28)(H,29,30). The zero-order valence-electron chi connectivity index (χ0n) is 17.9. The summed E-state index contributed by atoms with van der Waals surface area (Å²) in [4.78, 5) is 29.3. The number of nitrogens with zero attached hydrogens (tertiary/aromatic N) is 1. The van der Waals surface area contributed by atoms with Gasteiger partial charge in [-0.2, -0.15) is 0 Å². The molecule has 3 aromatic rings. The van der Waals surface area contributed by atoms with Gasteiger partial charge in [0.2, 0.25) is 0 Å². The largest absolute Gasteiger partial charge is 0.481 e. The third kappa shape index (κ3) is 3.37. The number of hydrogen-bond donors (Lipinski definition) is 3. The van der Waals surface area contributed by atoms with E-state index in [0.717, 1.165) is 16.6 Å². The molecule has 3 N–H and O–H groups in total. The van der Waals surface area contributed by atoms with Crippen molar-refractivity contribution in [1.29, 1.82) is 0 Å². The second-order valence-electron chi connectivity index (χ2n) is 8.79. The quantitative estimate of drug-likeness (QED) is 0.373. The molecule has 0 radical (unpaired) electrons. The number of aryl methyl sites for hydroxylation is 1. The van der Waals surface area contributed by atoms with Crippen LogP contribution in [0.4, 0.5) is 0 Å². The van der Waals surface area contributed by atoms with Crippen molar-refractivity contribution >= 4 is 34.4 Å². The summed E-state index contributed by atoms with van der Waals surface area (Å²) in [5.41, 5.74) is 1.26. The summed E-state index contributed by atoms with van der Waals surface area (Å²) in [5, 5.41) is 22.5. The van der Waals surface area contributed by atoms with E-state index in [2.05, 4.69) is 10.2 Å². The Balaban J connectivity index is 1.46. The number of halogens is 1. The zero-order chi connectivity index (χ0) is 23.4. The van der Waals surface area contributed by atoms with Crippen LogP contribution in [0.25, 0.3) is 10.9 Å². The molecule has 1 amide bonds. The number of aliphatic carboxylic acids is 1. The van der Waals surface area contributed by atoms with E-state index >= 15 is 0 Å². The number of hydrogen-bond acceptors (Lipinski definition) is 5.